The summed E-state index contributed by atoms with van der Waals surface area (Å²) < 4.78 is 26.3. The van der Waals surface area contributed by atoms with Crippen LogP contribution in [0.2, 0.25) is 5.02 Å². The summed E-state index contributed by atoms with van der Waals surface area (Å²) in [7, 11) is -4.05. The first-order valence-electron chi connectivity index (χ1n) is 5.76. The Morgan fingerprint density at radius 3 is 2.65 bits per heavy atom. The second-order valence-corrected chi connectivity index (χ2v) is 6.15. The number of nitriles is 1. The van der Waals surface area contributed by atoms with E-state index in [2.05, 4.69) is 4.72 Å². The number of sulfonamides is 1. The average Bonchev–Trinajstić information content (AvgIpc) is 2.37. The number of carboxylic acids is 1. The first kappa shape index (κ1) is 16.4. The van der Waals surface area contributed by atoms with Gasteiger partial charge >= 0.3 is 5.97 Å². The second kappa shape index (κ2) is 6.70. The maximum Gasteiger partial charge on any atom is 0.321 e. The van der Waals surface area contributed by atoms with E-state index in [4.69, 9.17) is 22.0 Å². The van der Waals surface area contributed by atoms with Crippen LogP contribution in [0.5, 0.6) is 0 Å². The molecule has 0 bridgehead atoms. The predicted octanol–water partition coefficient (Wildman–Crippen LogP) is 1.74. The number of benzene rings is 1. The van der Waals surface area contributed by atoms with Crippen molar-refractivity contribution in [2.45, 2.75) is 30.7 Å². The number of carbonyl (C=O) groups is 1. The molecule has 0 heterocycles. The van der Waals surface area contributed by atoms with E-state index in [-0.39, 0.29) is 21.9 Å². The molecule has 0 amide bonds. The second-order valence-electron chi connectivity index (χ2n) is 4.06. The van der Waals surface area contributed by atoms with E-state index >= 15 is 0 Å². The number of carboxylic acid groups (broad SMARTS) is 1. The molecular formula is C12H13ClN2O4S. The highest BCUT2D eigenvalue weighted by molar-refractivity contribution is 7.89. The Morgan fingerprint density at radius 1 is 1.55 bits per heavy atom. The number of hydrogen-bond donors (Lipinski definition) is 2. The lowest BCUT2D eigenvalue weighted by Gasteiger charge is -2.14. The molecule has 108 valence electrons. The zero-order valence-electron chi connectivity index (χ0n) is 10.6. The van der Waals surface area contributed by atoms with Gasteiger partial charge in [0.15, 0.2) is 0 Å². The predicted molar refractivity (Wildman–Crippen MR) is 72.8 cm³/mol. The Kier molecular flexibility index (Phi) is 5.51. The molecule has 8 heteroatoms. The topological polar surface area (TPSA) is 107 Å². The molecular weight excluding hydrogens is 304 g/mol. The maximum atomic E-state index is 12.1. The van der Waals surface area contributed by atoms with Gasteiger partial charge in [-0.25, -0.2) is 8.42 Å². The van der Waals surface area contributed by atoms with Gasteiger partial charge in [0.1, 0.15) is 10.9 Å². The minimum absolute atomic E-state index is 0.128. The van der Waals surface area contributed by atoms with Crippen LogP contribution in [0.15, 0.2) is 23.1 Å². The minimum atomic E-state index is -4.05. The van der Waals surface area contributed by atoms with Crippen LogP contribution in [0.3, 0.4) is 0 Å². The number of nitrogens with one attached hydrogen (secondary N) is 1. The van der Waals surface area contributed by atoms with Crippen molar-refractivity contribution in [2.24, 2.45) is 0 Å². The largest absolute Gasteiger partial charge is 0.480 e. The number of aliphatic carboxylic acids is 1. The van der Waals surface area contributed by atoms with Gasteiger partial charge in [-0.2, -0.15) is 9.98 Å². The summed E-state index contributed by atoms with van der Waals surface area (Å²) in [6.07, 6.45) is 0.684. The van der Waals surface area contributed by atoms with Crippen molar-refractivity contribution in [3.63, 3.8) is 0 Å². The van der Waals surface area contributed by atoms with E-state index < -0.39 is 22.0 Å². The van der Waals surface area contributed by atoms with Crippen LogP contribution < -0.4 is 4.72 Å². The van der Waals surface area contributed by atoms with E-state index in [1.807, 2.05) is 6.07 Å². The van der Waals surface area contributed by atoms with E-state index in [9.17, 15) is 13.2 Å². The molecule has 1 atom stereocenters. The average molecular weight is 317 g/mol. The molecule has 0 aliphatic heterocycles. The van der Waals surface area contributed by atoms with Crippen LogP contribution in [0.25, 0.3) is 0 Å². The van der Waals surface area contributed by atoms with Gasteiger partial charge in [0.05, 0.1) is 16.7 Å². The smallest absolute Gasteiger partial charge is 0.321 e. The van der Waals surface area contributed by atoms with Crippen LogP contribution in [0, 0.1) is 11.3 Å². The van der Waals surface area contributed by atoms with Gasteiger partial charge in [-0.1, -0.05) is 24.9 Å². The van der Waals surface area contributed by atoms with Crippen molar-refractivity contribution in [2.75, 3.05) is 0 Å². The summed E-state index contributed by atoms with van der Waals surface area (Å²) in [5.74, 6) is -1.25. The first-order chi connectivity index (χ1) is 9.31. The third kappa shape index (κ3) is 3.93. The molecule has 1 aromatic rings. The monoisotopic (exact) mass is 316 g/mol. The Morgan fingerprint density at radius 2 is 2.20 bits per heavy atom. The molecule has 1 aromatic carbocycles. The van der Waals surface area contributed by atoms with Crippen LogP contribution >= 0.6 is 11.6 Å². The Bertz CT molecular complexity index is 652. The lowest BCUT2D eigenvalue weighted by atomic mass is 10.2. The Balaban J connectivity index is 3.11. The van der Waals surface area contributed by atoms with Gasteiger partial charge in [-0.15, -0.1) is 0 Å². The van der Waals surface area contributed by atoms with Crippen molar-refractivity contribution < 1.29 is 18.3 Å². The lowest BCUT2D eigenvalue weighted by molar-refractivity contribution is -0.139. The normalized spacial score (nSPS) is 12.7. The Hall–Kier alpha value is -1.62. The highest BCUT2D eigenvalue weighted by Crippen LogP contribution is 2.22. The summed E-state index contributed by atoms with van der Waals surface area (Å²) in [6.45, 7) is 1.75. The molecule has 0 aliphatic rings. The molecule has 0 fully saturated rings. The molecule has 20 heavy (non-hydrogen) atoms. The first-order valence-corrected chi connectivity index (χ1v) is 7.62. The molecule has 1 rings (SSSR count). The van der Waals surface area contributed by atoms with Gasteiger partial charge < -0.3 is 5.11 Å². The zero-order valence-corrected chi connectivity index (χ0v) is 12.2. The van der Waals surface area contributed by atoms with Crippen LogP contribution in [-0.2, 0) is 14.8 Å². The van der Waals surface area contributed by atoms with Crippen molar-refractivity contribution >= 4 is 27.6 Å². The summed E-state index contributed by atoms with van der Waals surface area (Å²) in [5, 5.41) is 17.5. The van der Waals surface area contributed by atoms with E-state index in [1.165, 1.54) is 18.2 Å². The van der Waals surface area contributed by atoms with Crippen molar-refractivity contribution in [1.29, 1.82) is 5.26 Å². The summed E-state index contributed by atoms with van der Waals surface area (Å²) in [4.78, 5) is 10.7. The van der Waals surface area contributed by atoms with E-state index in [0.717, 1.165) is 0 Å². The Labute approximate surface area is 122 Å². The summed E-state index contributed by atoms with van der Waals surface area (Å²) >= 11 is 5.82. The van der Waals surface area contributed by atoms with Crippen LogP contribution in [0.1, 0.15) is 25.3 Å². The molecule has 6 nitrogen and oxygen atoms in total. The third-order valence-corrected chi connectivity index (χ3v) is 4.48. The fraction of sp³-hybridized carbons (Fsp3) is 0.333. The lowest BCUT2D eigenvalue weighted by Crippen LogP contribution is -2.40. The van der Waals surface area contributed by atoms with Gasteiger partial charge in [0.2, 0.25) is 10.0 Å². The summed E-state index contributed by atoms with van der Waals surface area (Å²) in [6, 6.07) is 4.31. The van der Waals surface area contributed by atoms with Crippen molar-refractivity contribution in [3.8, 4) is 6.07 Å². The number of nitrogens with zero attached hydrogens (tertiary/aromatic N) is 1. The van der Waals surface area contributed by atoms with Gasteiger partial charge in [-0.3, -0.25) is 4.79 Å². The van der Waals surface area contributed by atoms with E-state index in [1.54, 1.807) is 6.92 Å². The molecule has 0 saturated heterocycles. The molecule has 0 unspecified atom stereocenters. The standard InChI is InChI=1S/C12H13ClN2O4S/c1-2-3-10(12(16)17)15-20(18,19)11-5-4-8(7-14)6-9(11)13/h4-6,10,15H,2-3H2,1H3,(H,16,17)/t10-/m1/s1. The van der Waals surface area contributed by atoms with Gasteiger partial charge in [0.25, 0.3) is 0 Å². The molecule has 0 saturated carbocycles. The van der Waals surface area contributed by atoms with Gasteiger partial charge in [0, 0.05) is 0 Å². The molecule has 0 aromatic heterocycles. The molecule has 0 spiro atoms. The number of rotatable bonds is 6. The maximum absolute atomic E-state index is 12.1. The van der Waals surface area contributed by atoms with Crippen LogP contribution in [0.4, 0.5) is 0 Å². The number of hydrogen-bond acceptors (Lipinski definition) is 4. The third-order valence-electron chi connectivity index (χ3n) is 2.52. The molecule has 2 N–H and O–H groups in total. The van der Waals surface area contributed by atoms with Gasteiger partial charge in [-0.05, 0) is 24.6 Å². The SMILES string of the molecule is CCC[C@@H](NS(=O)(=O)c1ccc(C#N)cc1Cl)C(=O)O. The zero-order chi connectivity index (χ0) is 15.3. The van der Waals surface area contributed by atoms with Crippen molar-refractivity contribution in [3.05, 3.63) is 28.8 Å². The highest BCUT2D eigenvalue weighted by atomic mass is 35.5. The van der Waals surface area contributed by atoms with E-state index in [0.29, 0.717) is 6.42 Å². The fourth-order valence-corrected chi connectivity index (χ4v) is 3.33. The fourth-order valence-electron chi connectivity index (χ4n) is 1.56. The minimum Gasteiger partial charge on any atom is -0.480 e. The highest BCUT2D eigenvalue weighted by Gasteiger charge is 2.26. The number of halogens is 1. The molecule has 0 aliphatic carbocycles. The van der Waals surface area contributed by atoms with Crippen LogP contribution in [-0.4, -0.2) is 25.5 Å². The van der Waals surface area contributed by atoms with Crippen molar-refractivity contribution in [1.82, 2.24) is 4.72 Å². The summed E-state index contributed by atoms with van der Waals surface area (Å²) in [5.41, 5.74) is 0.220. The quantitative estimate of drug-likeness (QED) is 0.831. The molecule has 0 radical (unpaired) electrons.